The first-order chi connectivity index (χ1) is 10.6. The van der Waals surface area contributed by atoms with E-state index in [9.17, 15) is 4.21 Å². The van der Waals surface area contributed by atoms with Gasteiger partial charge in [-0.25, -0.2) is 4.21 Å². The lowest BCUT2D eigenvalue weighted by molar-refractivity contribution is 0.651. The molecule has 2 nitrogen and oxygen atoms in total. The van der Waals surface area contributed by atoms with Crippen LogP contribution in [0.2, 0.25) is 0 Å². The number of hydrogen-bond donors (Lipinski definition) is 0. The molecule has 0 saturated heterocycles. The molecule has 0 aromatic carbocycles. The highest BCUT2D eigenvalue weighted by Gasteiger charge is 2.19. The number of fused-ring (bicyclic) bond motifs is 1. The molecule has 23 heavy (non-hydrogen) atoms. The van der Waals surface area contributed by atoms with Crippen LogP contribution in [0, 0.1) is 13.8 Å². The summed E-state index contributed by atoms with van der Waals surface area (Å²) in [4.78, 5) is 0. The van der Waals surface area contributed by atoms with Crippen LogP contribution in [0.1, 0.15) is 62.8 Å². The van der Waals surface area contributed by atoms with Crippen LogP contribution < -0.4 is 0 Å². The molecular formula is C20H27NOS. The van der Waals surface area contributed by atoms with Crippen LogP contribution in [0.25, 0.3) is 11.1 Å². The fourth-order valence-corrected chi connectivity index (χ4v) is 3.13. The summed E-state index contributed by atoms with van der Waals surface area (Å²) in [6.07, 6.45) is 1.78. The molecule has 0 spiro atoms. The normalized spacial score (nSPS) is 14.1. The third-order valence-electron chi connectivity index (χ3n) is 4.06. The van der Waals surface area contributed by atoms with Gasteiger partial charge in [-0.1, -0.05) is 32.0 Å². The Morgan fingerprint density at radius 3 is 2.30 bits per heavy atom. The van der Waals surface area contributed by atoms with Crippen molar-refractivity contribution in [3.63, 3.8) is 0 Å². The van der Waals surface area contributed by atoms with E-state index in [1.165, 1.54) is 27.8 Å². The molecule has 124 valence electrons. The van der Waals surface area contributed by atoms with Crippen molar-refractivity contribution in [1.29, 1.82) is 0 Å². The summed E-state index contributed by atoms with van der Waals surface area (Å²) in [7, 11) is -1.23. The Morgan fingerprint density at radius 1 is 1.09 bits per heavy atom. The van der Waals surface area contributed by atoms with E-state index in [-0.39, 0.29) is 4.75 Å². The van der Waals surface area contributed by atoms with Gasteiger partial charge in [-0.2, -0.15) is 4.40 Å². The molecule has 0 bridgehead atoms. The minimum atomic E-state index is -1.23. The van der Waals surface area contributed by atoms with E-state index in [0.29, 0.717) is 5.92 Å². The van der Waals surface area contributed by atoms with Gasteiger partial charge < -0.3 is 0 Å². The first-order valence-corrected chi connectivity index (χ1v) is 9.22. The Balaban J connectivity index is 2.54. The number of nitrogens with zero attached hydrogens (tertiary/aromatic N) is 1. The second kappa shape index (κ2) is 6.56. The summed E-state index contributed by atoms with van der Waals surface area (Å²) in [5.41, 5.74) is 7.33. The zero-order chi connectivity index (χ0) is 17.4. The van der Waals surface area contributed by atoms with Crippen molar-refractivity contribution in [2.24, 2.45) is 4.40 Å². The third kappa shape index (κ3) is 3.89. The first-order valence-electron chi connectivity index (χ1n) is 8.11. The average molecular weight is 330 g/mol. The van der Waals surface area contributed by atoms with Crippen LogP contribution >= 0.6 is 0 Å². The maximum atomic E-state index is 12.2. The van der Waals surface area contributed by atoms with Gasteiger partial charge in [0.05, 0.1) is 4.75 Å². The molecule has 2 aliphatic carbocycles. The van der Waals surface area contributed by atoms with Crippen LogP contribution in [0.15, 0.2) is 28.7 Å². The number of hydrogen-bond acceptors (Lipinski definition) is 1. The lowest BCUT2D eigenvalue weighted by Crippen LogP contribution is -2.19. The molecule has 0 aromatic heterocycles. The zero-order valence-electron chi connectivity index (χ0n) is 15.2. The van der Waals surface area contributed by atoms with Crippen molar-refractivity contribution >= 4 is 17.2 Å². The summed E-state index contributed by atoms with van der Waals surface area (Å²) in [6.45, 7) is 14.5. The average Bonchev–Trinajstić information content (AvgIpc) is 2.62. The molecule has 0 heterocycles. The fourth-order valence-electron chi connectivity index (χ4n) is 2.60. The van der Waals surface area contributed by atoms with Crippen molar-refractivity contribution < 1.29 is 4.21 Å². The van der Waals surface area contributed by atoms with E-state index >= 15 is 0 Å². The molecule has 0 aliphatic heterocycles. The highest BCUT2D eigenvalue weighted by Crippen LogP contribution is 2.35. The maximum absolute atomic E-state index is 12.2. The monoisotopic (exact) mass is 329 g/mol. The van der Waals surface area contributed by atoms with Gasteiger partial charge in [0.25, 0.3) is 0 Å². The predicted octanol–water partition coefficient (Wildman–Crippen LogP) is 5.41. The molecule has 1 unspecified atom stereocenters. The van der Waals surface area contributed by atoms with Crippen LogP contribution in [0.3, 0.4) is 0 Å². The number of rotatable bonds is 3. The van der Waals surface area contributed by atoms with E-state index in [0.717, 1.165) is 5.56 Å². The van der Waals surface area contributed by atoms with Crippen molar-refractivity contribution in [2.75, 3.05) is 0 Å². The molecule has 0 amide bonds. The Labute approximate surface area is 143 Å². The molecule has 0 aromatic rings. The zero-order valence-corrected chi connectivity index (χ0v) is 16.0. The lowest BCUT2D eigenvalue weighted by atomic mass is 10.0. The summed E-state index contributed by atoms with van der Waals surface area (Å²) in [5.74, 6) is 0.491. The Kier molecular flexibility index (Phi) is 5.10. The van der Waals surface area contributed by atoms with Crippen molar-refractivity contribution in [3.8, 4) is 11.1 Å². The quantitative estimate of drug-likeness (QED) is 0.692. The van der Waals surface area contributed by atoms with Crippen molar-refractivity contribution in [3.05, 3.63) is 46.5 Å². The maximum Gasteiger partial charge on any atom is 0.144 e. The molecule has 0 saturated carbocycles. The minimum absolute atomic E-state index is 0.335. The van der Waals surface area contributed by atoms with Gasteiger partial charge >= 0.3 is 0 Å². The highest BCUT2D eigenvalue weighted by molar-refractivity contribution is 7.85. The third-order valence-corrected chi connectivity index (χ3v) is 5.41. The second-order valence-corrected chi connectivity index (χ2v) is 9.42. The summed E-state index contributed by atoms with van der Waals surface area (Å²) >= 11 is 0. The summed E-state index contributed by atoms with van der Waals surface area (Å²) in [6, 6.07) is 8.80. The van der Waals surface area contributed by atoms with Gasteiger partial charge in [0.2, 0.25) is 0 Å². The van der Waals surface area contributed by atoms with Crippen molar-refractivity contribution in [2.45, 2.75) is 59.1 Å². The van der Waals surface area contributed by atoms with Crippen LogP contribution in [0.5, 0.6) is 0 Å². The second-order valence-electron chi connectivity index (χ2n) is 7.48. The molecular weight excluding hydrogens is 302 g/mol. The molecule has 0 N–H and O–H groups in total. The Hall–Kier alpha value is -1.48. The van der Waals surface area contributed by atoms with Gasteiger partial charge in [-0.3, -0.25) is 0 Å². The summed E-state index contributed by atoms with van der Waals surface area (Å²) < 4.78 is 16.1. The predicted molar refractivity (Wildman–Crippen MR) is 102 cm³/mol. The van der Waals surface area contributed by atoms with Crippen molar-refractivity contribution in [1.82, 2.24) is 0 Å². The molecule has 2 rings (SSSR count). The minimum Gasteiger partial charge on any atom is -0.234 e. The molecule has 2 aliphatic rings. The Bertz CT molecular complexity index is 738. The van der Waals surface area contributed by atoms with E-state index < -0.39 is 11.0 Å². The topological polar surface area (TPSA) is 29.4 Å². The largest absolute Gasteiger partial charge is 0.234 e. The molecule has 0 radical (unpaired) electrons. The van der Waals surface area contributed by atoms with Gasteiger partial charge in [-0.05, 0) is 74.4 Å². The standard InChI is InChI=1S/C20H27NOS/c1-13(2)16-9-8-14(3)19-17(10-15(4)18(19)11-16)12-21-23(22)20(5,6)7/h8-13H,1-7H3/b21-12+. The van der Waals surface area contributed by atoms with E-state index in [4.69, 9.17) is 0 Å². The van der Waals surface area contributed by atoms with Crippen LogP contribution in [0.4, 0.5) is 0 Å². The van der Waals surface area contributed by atoms with Gasteiger partial charge in [0.15, 0.2) is 0 Å². The first kappa shape index (κ1) is 17.9. The smallest absolute Gasteiger partial charge is 0.144 e. The van der Waals surface area contributed by atoms with Gasteiger partial charge in [-0.15, -0.1) is 0 Å². The SMILES string of the molecule is Cc1cc(/C=N/S(=O)C(C)(C)C)c2c(C)ccc(C(C)C)cc1-2. The molecule has 1 atom stereocenters. The van der Waals surface area contributed by atoms with Crippen LogP contribution in [-0.2, 0) is 11.0 Å². The molecule has 0 fully saturated rings. The summed E-state index contributed by atoms with van der Waals surface area (Å²) in [5, 5.41) is 0. The highest BCUT2D eigenvalue weighted by atomic mass is 32.2. The van der Waals surface area contributed by atoms with Crippen LogP contribution in [-0.4, -0.2) is 15.2 Å². The van der Waals surface area contributed by atoms with E-state index in [1.807, 2.05) is 20.8 Å². The van der Waals surface area contributed by atoms with E-state index in [2.05, 4.69) is 56.4 Å². The lowest BCUT2D eigenvalue weighted by Gasteiger charge is -2.12. The van der Waals surface area contributed by atoms with Gasteiger partial charge in [0.1, 0.15) is 11.0 Å². The van der Waals surface area contributed by atoms with Gasteiger partial charge in [0, 0.05) is 11.8 Å². The van der Waals surface area contributed by atoms with E-state index in [1.54, 1.807) is 6.21 Å². The fraction of sp³-hybridized carbons (Fsp3) is 0.450. The molecule has 3 heteroatoms. The number of aryl methyl sites for hydroxylation is 2. The Morgan fingerprint density at radius 2 is 1.74 bits per heavy atom.